The first-order valence-electron chi connectivity index (χ1n) is 6.34. The topological polar surface area (TPSA) is 31.0 Å². The van der Waals surface area contributed by atoms with Gasteiger partial charge in [0.2, 0.25) is 0 Å². The summed E-state index contributed by atoms with van der Waals surface area (Å²) < 4.78 is 16.9. The van der Waals surface area contributed by atoms with Gasteiger partial charge in [0, 0.05) is 6.10 Å². The lowest BCUT2D eigenvalue weighted by Crippen LogP contribution is -2.35. The summed E-state index contributed by atoms with van der Waals surface area (Å²) >= 11 is 0. The van der Waals surface area contributed by atoms with Crippen LogP contribution in [0.15, 0.2) is 0 Å². The van der Waals surface area contributed by atoms with Gasteiger partial charge in [-0.25, -0.2) is 0 Å². The fourth-order valence-electron chi connectivity index (χ4n) is 1.65. The molecule has 16 heavy (non-hydrogen) atoms. The second-order valence-electron chi connectivity index (χ2n) is 5.38. The molecule has 1 aliphatic heterocycles. The van der Waals surface area contributed by atoms with Crippen LogP contribution < -0.4 is 0 Å². The molecule has 0 saturated carbocycles. The number of ether oxygens (including phenoxy) is 2. The zero-order valence-electron chi connectivity index (χ0n) is 11.3. The molecule has 1 fully saturated rings. The Bertz CT molecular complexity index is 204. The second kappa shape index (κ2) is 6.14. The van der Waals surface area contributed by atoms with Crippen molar-refractivity contribution >= 4 is 8.32 Å². The first-order chi connectivity index (χ1) is 7.43. The summed E-state index contributed by atoms with van der Waals surface area (Å²) in [5.74, 6) is 0. The van der Waals surface area contributed by atoms with Crippen LogP contribution in [0.1, 0.15) is 27.2 Å². The van der Waals surface area contributed by atoms with E-state index in [1.807, 2.05) is 0 Å². The molecular formula is C12H26O3Si. The molecule has 3 atom stereocenters. The molecule has 0 radical (unpaired) electrons. The third kappa shape index (κ3) is 5.99. The number of rotatable bonds is 8. The Morgan fingerprint density at radius 3 is 2.44 bits per heavy atom. The van der Waals surface area contributed by atoms with Gasteiger partial charge in [-0.15, -0.1) is 0 Å². The summed E-state index contributed by atoms with van der Waals surface area (Å²) in [6.45, 7) is 12.6. The third-order valence-electron chi connectivity index (χ3n) is 3.00. The molecule has 0 aromatic heterocycles. The molecule has 0 aromatic rings. The molecule has 0 spiro atoms. The van der Waals surface area contributed by atoms with Gasteiger partial charge in [0.1, 0.15) is 6.10 Å². The maximum Gasteiger partial charge on any atom is 0.186 e. The van der Waals surface area contributed by atoms with Crippen LogP contribution in [0.2, 0.25) is 19.1 Å². The van der Waals surface area contributed by atoms with Crippen molar-refractivity contribution in [3.8, 4) is 0 Å². The molecule has 0 aliphatic carbocycles. The van der Waals surface area contributed by atoms with Crippen LogP contribution in [-0.4, -0.2) is 39.8 Å². The first-order valence-corrected chi connectivity index (χ1v) is 9.45. The Kier molecular flexibility index (Phi) is 5.44. The average molecular weight is 246 g/mol. The van der Waals surface area contributed by atoms with Crippen LogP contribution in [0.3, 0.4) is 0 Å². The van der Waals surface area contributed by atoms with Crippen molar-refractivity contribution in [2.45, 2.75) is 64.6 Å². The molecule has 1 saturated heterocycles. The van der Waals surface area contributed by atoms with Crippen molar-refractivity contribution in [1.82, 2.24) is 0 Å². The lowest BCUT2D eigenvalue weighted by molar-refractivity contribution is 0.0251. The van der Waals surface area contributed by atoms with Gasteiger partial charge in [0.25, 0.3) is 0 Å². The molecule has 0 bridgehead atoms. The third-order valence-corrected chi connectivity index (χ3v) is 5.75. The van der Waals surface area contributed by atoms with E-state index < -0.39 is 8.32 Å². The predicted molar refractivity (Wildman–Crippen MR) is 68.3 cm³/mol. The normalized spacial score (nSPS) is 24.2. The number of hydrogen-bond donors (Lipinski definition) is 0. The van der Waals surface area contributed by atoms with Crippen molar-refractivity contribution < 1.29 is 13.9 Å². The van der Waals surface area contributed by atoms with Gasteiger partial charge < -0.3 is 13.9 Å². The summed E-state index contributed by atoms with van der Waals surface area (Å²) in [5.41, 5.74) is 0. The maximum atomic E-state index is 6.11. The maximum absolute atomic E-state index is 6.11. The summed E-state index contributed by atoms with van der Waals surface area (Å²) in [7, 11) is -1.42. The van der Waals surface area contributed by atoms with E-state index in [2.05, 4.69) is 33.9 Å². The number of hydrogen-bond acceptors (Lipinski definition) is 3. The van der Waals surface area contributed by atoms with E-state index in [0.717, 1.165) is 19.6 Å². The molecule has 1 aliphatic rings. The zero-order chi connectivity index (χ0) is 12.2. The molecule has 0 amide bonds. The van der Waals surface area contributed by atoms with E-state index in [-0.39, 0.29) is 6.10 Å². The van der Waals surface area contributed by atoms with E-state index in [1.165, 1.54) is 6.04 Å². The van der Waals surface area contributed by atoms with Crippen molar-refractivity contribution in [3.63, 3.8) is 0 Å². The summed E-state index contributed by atoms with van der Waals surface area (Å²) in [5, 5.41) is 0. The highest BCUT2D eigenvalue weighted by atomic mass is 28.4. The minimum Gasteiger partial charge on any atom is -0.415 e. The molecule has 1 rings (SSSR count). The Balaban J connectivity index is 2.13. The summed E-state index contributed by atoms with van der Waals surface area (Å²) in [6.07, 6.45) is 1.90. The van der Waals surface area contributed by atoms with Gasteiger partial charge in [-0.3, -0.25) is 0 Å². The molecule has 4 heteroatoms. The quantitative estimate of drug-likeness (QED) is 0.487. The minimum atomic E-state index is -1.42. The highest BCUT2D eigenvalue weighted by Gasteiger charge is 2.25. The van der Waals surface area contributed by atoms with E-state index in [4.69, 9.17) is 13.9 Å². The highest BCUT2D eigenvalue weighted by Crippen LogP contribution is 2.17. The second-order valence-corrected chi connectivity index (χ2v) is 9.84. The SMILES string of the molecule is CC[Si](C)(C)OC(C)CC(C)OCC1CO1. The first kappa shape index (κ1) is 14.2. The van der Waals surface area contributed by atoms with Crippen molar-refractivity contribution in [3.05, 3.63) is 0 Å². The van der Waals surface area contributed by atoms with Gasteiger partial charge in [0.15, 0.2) is 8.32 Å². The van der Waals surface area contributed by atoms with E-state index in [0.29, 0.717) is 12.2 Å². The lowest BCUT2D eigenvalue weighted by atomic mass is 10.2. The smallest absolute Gasteiger partial charge is 0.186 e. The zero-order valence-corrected chi connectivity index (χ0v) is 12.3. The predicted octanol–water partition coefficient (Wildman–Crippen LogP) is 2.81. The minimum absolute atomic E-state index is 0.265. The Labute approximate surface area is 101 Å². The highest BCUT2D eigenvalue weighted by molar-refractivity contribution is 6.71. The monoisotopic (exact) mass is 246 g/mol. The Hall–Kier alpha value is 0.0969. The van der Waals surface area contributed by atoms with Crippen LogP contribution in [0.25, 0.3) is 0 Å². The van der Waals surface area contributed by atoms with Crippen molar-refractivity contribution in [1.29, 1.82) is 0 Å². The van der Waals surface area contributed by atoms with Gasteiger partial charge >= 0.3 is 0 Å². The van der Waals surface area contributed by atoms with Gasteiger partial charge in [-0.05, 0) is 39.4 Å². The van der Waals surface area contributed by atoms with E-state index >= 15 is 0 Å². The molecule has 96 valence electrons. The molecule has 3 unspecified atom stereocenters. The van der Waals surface area contributed by atoms with Crippen LogP contribution in [0.4, 0.5) is 0 Å². The molecular weight excluding hydrogens is 220 g/mol. The molecule has 1 heterocycles. The van der Waals surface area contributed by atoms with Crippen LogP contribution in [0.5, 0.6) is 0 Å². The van der Waals surface area contributed by atoms with Crippen LogP contribution >= 0.6 is 0 Å². The van der Waals surface area contributed by atoms with Crippen LogP contribution in [0, 0.1) is 0 Å². The molecule has 0 N–H and O–H groups in total. The summed E-state index contributed by atoms with van der Waals surface area (Å²) in [6, 6.07) is 1.17. The largest absolute Gasteiger partial charge is 0.415 e. The standard InChI is InChI=1S/C12H26O3Si/c1-6-16(4,5)15-11(3)7-10(2)13-8-12-9-14-12/h10-12H,6-9H2,1-5H3. The van der Waals surface area contributed by atoms with Gasteiger partial charge in [0.05, 0.1) is 19.3 Å². The lowest BCUT2D eigenvalue weighted by Gasteiger charge is -2.27. The van der Waals surface area contributed by atoms with Crippen molar-refractivity contribution in [2.24, 2.45) is 0 Å². The fourth-order valence-corrected chi connectivity index (χ4v) is 3.00. The van der Waals surface area contributed by atoms with Crippen molar-refractivity contribution in [2.75, 3.05) is 13.2 Å². The van der Waals surface area contributed by atoms with E-state index in [9.17, 15) is 0 Å². The van der Waals surface area contributed by atoms with Gasteiger partial charge in [-0.2, -0.15) is 0 Å². The van der Waals surface area contributed by atoms with Gasteiger partial charge in [-0.1, -0.05) is 6.92 Å². The number of epoxide rings is 1. The summed E-state index contributed by atoms with van der Waals surface area (Å²) in [4.78, 5) is 0. The van der Waals surface area contributed by atoms with E-state index in [1.54, 1.807) is 0 Å². The Morgan fingerprint density at radius 1 is 1.31 bits per heavy atom. The molecule has 3 nitrogen and oxygen atoms in total. The molecule has 0 aromatic carbocycles. The Morgan fingerprint density at radius 2 is 1.94 bits per heavy atom. The average Bonchev–Trinajstić information content (AvgIpc) is 2.97. The fraction of sp³-hybridized carbons (Fsp3) is 1.00. The van der Waals surface area contributed by atoms with Crippen LogP contribution in [-0.2, 0) is 13.9 Å².